The van der Waals surface area contributed by atoms with Gasteiger partial charge < -0.3 is 13.5 Å². The summed E-state index contributed by atoms with van der Waals surface area (Å²) in [5.74, 6) is 0.610. The number of benzene rings is 3. The van der Waals surface area contributed by atoms with Crippen LogP contribution in [0.3, 0.4) is 0 Å². The van der Waals surface area contributed by atoms with E-state index in [4.69, 9.17) is 4.52 Å². The summed E-state index contributed by atoms with van der Waals surface area (Å²) in [5, 5.41) is 6.48. The van der Waals surface area contributed by atoms with Crippen LogP contribution in [0.4, 0.5) is 0 Å². The zero-order valence-corrected chi connectivity index (χ0v) is 24.8. The van der Waals surface area contributed by atoms with E-state index in [1.807, 2.05) is 31.2 Å². The van der Waals surface area contributed by atoms with E-state index in [9.17, 15) is 4.57 Å². The minimum atomic E-state index is -3.27. The predicted octanol–water partition coefficient (Wildman–Crippen LogP) is 5.99. The first-order chi connectivity index (χ1) is 18.0. The molecule has 6 nitrogen and oxygen atoms in total. The average Bonchev–Trinajstić information content (AvgIpc) is 2.87. The lowest BCUT2D eigenvalue weighted by Gasteiger charge is -2.31. The molecule has 3 aromatic carbocycles. The predicted molar refractivity (Wildman–Crippen MR) is 159 cm³/mol. The number of rotatable bonds is 16. The lowest BCUT2D eigenvalue weighted by molar-refractivity contribution is -0.903. The van der Waals surface area contributed by atoms with E-state index in [-0.39, 0.29) is 0 Å². The number of nitrogens with zero attached hydrogens (tertiary/aromatic N) is 2. The third-order valence-corrected chi connectivity index (χ3v) is 8.43. The number of quaternary nitrogens is 2. The number of aryl methyl sites for hydroxylation is 1. The van der Waals surface area contributed by atoms with Crippen LogP contribution in [0.1, 0.15) is 29.5 Å². The van der Waals surface area contributed by atoms with Crippen molar-refractivity contribution in [1.82, 2.24) is 10.2 Å². The van der Waals surface area contributed by atoms with Crippen molar-refractivity contribution in [2.45, 2.75) is 32.9 Å². The van der Waals surface area contributed by atoms with Crippen molar-refractivity contribution in [3.8, 4) is 5.75 Å². The van der Waals surface area contributed by atoms with Gasteiger partial charge in [-0.2, -0.15) is 0 Å². The summed E-state index contributed by atoms with van der Waals surface area (Å²) in [6.45, 7) is 7.13. The van der Waals surface area contributed by atoms with Crippen LogP contribution in [0.5, 0.6) is 5.75 Å². The van der Waals surface area contributed by atoms with E-state index in [1.54, 1.807) is 0 Å². The summed E-state index contributed by atoms with van der Waals surface area (Å²) in [6, 6.07) is 28.9. The second kappa shape index (κ2) is 14.1. The third kappa shape index (κ3) is 11.1. The van der Waals surface area contributed by atoms with E-state index in [1.165, 1.54) is 11.1 Å². The highest BCUT2D eigenvalue weighted by atomic mass is 31.2. The van der Waals surface area contributed by atoms with Gasteiger partial charge in [-0.1, -0.05) is 78.4 Å². The largest absolute Gasteiger partial charge is 0.422 e. The Morgan fingerprint density at radius 1 is 0.658 bits per heavy atom. The average molecular weight is 539 g/mol. The van der Waals surface area contributed by atoms with Gasteiger partial charge >= 0.3 is 7.67 Å². The quantitative estimate of drug-likeness (QED) is 0.134. The second-order valence-corrected chi connectivity index (χ2v) is 13.5. The molecule has 3 aromatic rings. The van der Waals surface area contributed by atoms with Crippen molar-refractivity contribution in [2.75, 3.05) is 54.4 Å². The molecule has 38 heavy (non-hydrogen) atoms. The fourth-order valence-corrected chi connectivity index (χ4v) is 6.21. The Bertz CT molecular complexity index is 1070. The molecule has 0 saturated heterocycles. The molecule has 0 atom stereocenters. The van der Waals surface area contributed by atoms with Gasteiger partial charge in [0.15, 0.2) is 0 Å². The van der Waals surface area contributed by atoms with Crippen molar-refractivity contribution >= 4 is 7.67 Å². The molecule has 0 fully saturated rings. The first kappa shape index (κ1) is 30.1. The molecule has 3 rings (SSSR count). The topological polar surface area (TPSA) is 50.4 Å². The molecule has 0 saturated carbocycles. The second-order valence-electron chi connectivity index (χ2n) is 11.6. The van der Waals surface area contributed by atoms with E-state index in [0.717, 1.165) is 53.6 Å². The number of nitrogens with one attached hydrogen (secondary N) is 2. The van der Waals surface area contributed by atoms with Crippen LogP contribution in [-0.4, -0.2) is 63.3 Å². The summed E-state index contributed by atoms with van der Waals surface area (Å²) in [4.78, 5) is 0. The molecule has 0 heterocycles. The molecule has 7 heteroatoms. The van der Waals surface area contributed by atoms with Crippen molar-refractivity contribution < 1.29 is 18.1 Å². The first-order valence-electron chi connectivity index (χ1n) is 13.6. The molecule has 0 spiro atoms. The fourth-order valence-electron chi connectivity index (χ4n) is 4.65. The highest BCUT2D eigenvalue weighted by Crippen LogP contribution is 2.38. The molecule has 0 aromatic heterocycles. The molecule has 206 valence electrons. The van der Waals surface area contributed by atoms with Crippen molar-refractivity contribution in [3.05, 3.63) is 102 Å². The van der Waals surface area contributed by atoms with Gasteiger partial charge in [0, 0.05) is 37.1 Å². The maximum Gasteiger partial charge on any atom is 0.390 e. The normalized spacial score (nSPS) is 12.4. The maximum atomic E-state index is 13.8. The Hall–Kier alpha value is -2.47. The molecular formula is C31H47N4O2P+2. The van der Waals surface area contributed by atoms with Crippen LogP contribution in [0, 0.1) is 6.92 Å². The Kier molecular flexibility index (Phi) is 11.1. The Morgan fingerprint density at radius 2 is 1.08 bits per heavy atom. The smallest absolute Gasteiger partial charge is 0.390 e. The van der Waals surface area contributed by atoms with Crippen LogP contribution >= 0.6 is 7.67 Å². The molecule has 0 aliphatic carbocycles. The lowest BCUT2D eigenvalue weighted by atomic mass is 10.2. The Morgan fingerprint density at radius 3 is 1.50 bits per heavy atom. The zero-order valence-electron chi connectivity index (χ0n) is 23.9. The molecule has 0 aliphatic rings. The molecule has 0 radical (unpaired) electrons. The fraction of sp³-hybridized carbons (Fsp3) is 0.419. The van der Waals surface area contributed by atoms with E-state index >= 15 is 0 Å². The molecule has 2 N–H and O–H groups in total. The standard InChI is InChI=1S/C31H47N4O2P/c1-28-18-20-31(21-19-28)37-38(36,32-22-12-24-34(2,3)26-29-14-8-6-9-15-29)33-23-13-25-35(4,5)27-30-16-10-7-11-17-30/h6-11,14-21H,12-13,22-27H2,1-5H3,(H2,32,33,36)/q+2. The van der Waals surface area contributed by atoms with Gasteiger partial charge in [-0.15, -0.1) is 0 Å². The number of hydrogen-bond acceptors (Lipinski definition) is 2. The van der Waals surface area contributed by atoms with Crippen LogP contribution < -0.4 is 14.7 Å². The minimum Gasteiger partial charge on any atom is -0.422 e. The molecule has 0 aliphatic heterocycles. The lowest BCUT2D eigenvalue weighted by Crippen LogP contribution is -2.41. The van der Waals surface area contributed by atoms with Crippen LogP contribution in [0.25, 0.3) is 0 Å². The van der Waals surface area contributed by atoms with Crippen molar-refractivity contribution in [3.63, 3.8) is 0 Å². The molecule has 0 bridgehead atoms. The van der Waals surface area contributed by atoms with Crippen molar-refractivity contribution in [1.29, 1.82) is 0 Å². The first-order valence-corrected chi connectivity index (χ1v) is 15.3. The van der Waals surface area contributed by atoms with Gasteiger partial charge in [0.25, 0.3) is 0 Å². The zero-order chi connectivity index (χ0) is 27.5. The molecule has 0 unspecified atom stereocenters. The van der Waals surface area contributed by atoms with E-state index < -0.39 is 7.67 Å². The van der Waals surface area contributed by atoms with Gasteiger partial charge in [0.2, 0.25) is 0 Å². The number of hydrogen-bond donors (Lipinski definition) is 2. The highest BCUT2D eigenvalue weighted by Gasteiger charge is 2.25. The highest BCUT2D eigenvalue weighted by molar-refractivity contribution is 7.55. The monoisotopic (exact) mass is 538 g/mol. The maximum absolute atomic E-state index is 13.8. The summed E-state index contributed by atoms with van der Waals surface area (Å²) in [5.41, 5.74) is 3.80. The van der Waals surface area contributed by atoms with Crippen LogP contribution in [-0.2, 0) is 17.7 Å². The Labute approximate surface area is 230 Å². The van der Waals surface area contributed by atoms with Gasteiger partial charge in [-0.05, 0) is 19.1 Å². The van der Waals surface area contributed by atoms with E-state index in [2.05, 4.69) is 99.0 Å². The summed E-state index contributed by atoms with van der Waals surface area (Å²) < 4.78 is 21.6. The third-order valence-electron chi connectivity index (χ3n) is 6.68. The van der Waals surface area contributed by atoms with Gasteiger partial charge in [-0.3, -0.25) is 0 Å². The summed E-state index contributed by atoms with van der Waals surface area (Å²) in [6.07, 6.45) is 1.79. The van der Waals surface area contributed by atoms with E-state index in [0.29, 0.717) is 18.8 Å². The Balaban J connectivity index is 1.52. The van der Waals surface area contributed by atoms with Crippen molar-refractivity contribution in [2.24, 2.45) is 0 Å². The van der Waals surface area contributed by atoms with Crippen LogP contribution in [0.15, 0.2) is 84.9 Å². The SMILES string of the molecule is Cc1ccc(OP(=O)(NCCC[N+](C)(C)Cc2ccccc2)NCCC[N+](C)(C)Cc2ccccc2)cc1. The minimum absolute atomic E-state index is 0.610. The van der Waals surface area contributed by atoms with Gasteiger partial charge in [0.1, 0.15) is 18.8 Å². The van der Waals surface area contributed by atoms with Gasteiger partial charge in [-0.25, -0.2) is 14.7 Å². The summed E-state index contributed by atoms with van der Waals surface area (Å²) >= 11 is 0. The van der Waals surface area contributed by atoms with Gasteiger partial charge in [0.05, 0.1) is 41.3 Å². The molecular weight excluding hydrogens is 491 g/mol. The summed E-state index contributed by atoms with van der Waals surface area (Å²) in [7, 11) is 5.69. The van der Waals surface area contributed by atoms with Crippen LogP contribution in [0.2, 0.25) is 0 Å². The molecule has 0 amide bonds.